The Morgan fingerprint density at radius 1 is 1.00 bits per heavy atom. The predicted octanol–water partition coefficient (Wildman–Crippen LogP) is 4.85. The fraction of sp³-hybridized carbons (Fsp3) is 0.0909. The highest BCUT2D eigenvalue weighted by Crippen LogP contribution is 2.24. The Morgan fingerprint density at radius 2 is 1.88 bits per heavy atom. The third-order valence-electron chi connectivity index (χ3n) is 4.32. The number of nitrogens with one attached hydrogen (secondary N) is 1. The van der Waals surface area contributed by atoms with E-state index in [9.17, 15) is 4.39 Å². The van der Waals surface area contributed by atoms with Crippen LogP contribution < -0.4 is 5.32 Å². The van der Waals surface area contributed by atoms with Crippen molar-refractivity contribution >= 4 is 17.5 Å². The van der Waals surface area contributed by atoms with Crippen LogP contribution in [0.1, 0.15) is 22.4 Å². The Morgan fingerprint density at radius 3 is 2.69 bits per heavy atom. The van der Waals surface area contributed by atoms with Crippen molar-refractivity contribution in [3.63, 3.8) is 0 Å². The first-order valence-electron chi connectivity index (χ1n) is 8.53. The van der Waals surface area contributed by atoms with Gasteiger partial charge in [-0.15, -0.1) is 0 Å². The monoisotopic (exact) mass is 343 g/mol. The zero-order valence-corrected chi connectivity index (χ0v) is 14.2. The smallest absolute Gasteiger partial charge is 0.123 e. The largest absolute Gasteiger partial charge is 0.381 e. The van der Waals surface area contributed by atoms with Gasteiger partial charge in [-0.1, -0.05) is 24.3 Å². The highest BCUT2D eigenvalue weighted by molar-refractivity contribution is 6.13. The topological polar surface area (TPSA) is 37.3 Å². The van der Waals surface area contributed by atoms with Gasteiger partial charge in [-0.25, -0.2) is 4.39 Å². The molecule has 128 valence electrons. The second-order valence-corrected chi connectivity index (χ2v) is 6.14. The summed E-state index contributed by atoms with van der Waals surface area (Å²) in [5, 5.41) is 3.39. The van der Waals surface area contributed by atoms with E-state index in [0.29, 0.717) is 13.1 Å². The predicted molar refractivity (Wildman–Crippen MR) is 104 cm³/mol. The average molecular weight is 343 g/mol. The van der Waals surface area contributed by atoms with Gasteiger partial charge in [0.1, 0.15) is 5.82 Å². The lowest BCUT2D eigenvalue weighted by Crippen LogP contribution is -2.02. The van der Waals surface area contributed by atoms with Crippen molar-refractivity contribution in [1.82, 2.24) is 4.98 Å². The van der Waals surface area contributed by atoms with Crippen LogP contribution in [-0.4, -0.2) is 10.7 Å². The second-order valence-electron chi connectivity index (χ2n) is 6.14. The minimum absolute atomic E-state index is 0.216. The molecule has 0 bridgehead atoms. The van der Waals surface area contributed by atoms with Crippen molar-refractivity contribution in [2.75, 3.05) is 5.32 Å². The molecule has 3 nitrogen and oxygen atoms in total. The maximum absolute atomic E-state index is 13.0. The van der Waals surface area contributed by atoms with Gasteiger partial charge in [-0.2, -0.15) is 0 Å². The van der Waals surface area contributed by atoms with Crippen molar-refractivity contribution in [3.05, 3.63) is 101 Å². The van der Waals surface area contributed by atoms with Gasteiger partial charge in [0.25, 0.3) is 0 Å². The Hall–Kier alpha value is -3.27. The maximum Gasteiger partial charge on any atom is 0.123 e. The fourth-order valence-electron chi connectivity index (χ4n) is 2.91. The summed E-state index contributed by atoms with van der Waals surface area (Å²) in [7, 11) is 0. The second kappa shape index (κ2) is 7.31. The van der Waals surface area contributed by atoms with E-state index in [4.69, 9.17) is 0 Å². The van der Waals surface area contributed by atoms with E-state index in [1.54, 1.807) is 18.3 Å². The van der Waals surface area contributed by atoms with Crippen LogP contribution in [0.5, 0.6) is 0 Å². The lowest BCUT2D eigenvalue weighted by Gasteiger charge is -2.09. The molecule has 1 aromatic heterocycles. The van der Waals surface area contributed by atoms with Crippen molar-refractivity contribution < 1.29 is 4.39 Å². The van der Waals surface area contributed by atoms with Gasteiger partial charge in [0.15, 0.2) is 0 Å². The van der Waals surface area contributed by atoms with Crippen molar-refractivity contribution in [1.29, 1.82) is 0 Å². The molecule has 26 heavy (non-hydrogen) atoms. The average Bonchev–Trinajstić information content (AvgIpc) is 3.09. The summed E-state index contributed by atoms with van der Waals surface area (Å²) >= 11 is 0. The van der Waals surface area contributed by atoms with Gasteiger partial charge in [0, 0.05) is 24.0 Å². The summed E-state index contributed by atoms with van der Waals surface area (Å²) in [6.45, 7) is 1.35. The lowest BCUT2D eigenvalue weighted by atomic mass is 10.0. The molecule has 0 atom stereocenters. The van der Waals surface area contributed by atoms with E-state index in [2.05, 4.69) is 33.5 Å². The molecule has 0 spiro atoms. The summed E-state index contributed by atoms with van der Waals surface area (Å²) in [6, 6.07) is 18.7. The SMILES string of the molecule is Fc1ccc(CNc2ccc3c(c2)C(/C=C/c2ccccn2)=NC3)cc1. The van der Waals surface area contributed by atoms with Crippen LogP contribution in [0.2, 0.25) is 0 Å². The molecule has 4 rings (SSSR count). The number of anilines is 1. The molecule has 1 N–H and O–H groups in total. The lowest BCUT2D eigenvalue weighted by molar-refractivity contribution is 0.627. The van der Waals surface area contributed by atoms with Crippen LogP contribution in [-0.2, 0) is 13.1 Å². The maximum atomic E-state index is 13.0. The number of rotatable bonds is 5. The molecule has 1 aliphatic heterocycles. The third-order valence-corrected chi connectivity index (χ3v) is 4.32. The number of pyridine rings is 1. The first-order valence-corrected chi connectivity index (χ1v) is 8.53. The number of aromatic nitrogens is 1. The van der Waals surface area contributed by atoms with Gasteiger partial charge < -0.3 is 5.32 Å². The Labute approximate surface area is 152 Å². The number of halogens is 1. The standard InChI is InChI=1S/C22H18FN3/c23-18-7-4-16(5-8-18)14-25-20-9-6-17-15-26-22(21(17)13-20)11-10-19-3-1-2-12-24-19/h1-13,25H,14-15H2/b11-10+. The third kappa shape index (κ3) is 3.70. The number of hydrogen-bond acceptors (Lipinski definition) is 3. The van der Waals surface area contributed by atoms with Crippen LogP contribution in [0.15, 0.2) is 77.9 Å². The molecule has 0 saturated carbocycles. The van der Waals surface area contributed by atoms with Crippen molar-refractivity contribution in [3.8, 4) is 0 Å². The van der Waals surface area contributed by atoms with Gasteiger partial charge in [0.2, 0.25) is 0 Å². The van der Waals surface area contributed by atoms with E-state index in [1.165, 1.54) is 17.7 Å². The van der Waals surface area contributed by atoms with E-state index in [1.807, 2.05) is 30.4 Å². The van der Waals surface area contributed by atoms with Gasteiger partial charge in [0.05, 0.1) is 18.0 Å². The van der Waals surface area contributed by atoms with Crippen LogP contribution in [0, 0.1) is 5.82 Å². The summed E-state index contributed by atoms with van der Waals surface area (Å²) in [5.41, 5.74) is 6.30. The number of hydrogen-bond donors (Lipinski definition) is 1. The number of nitrogens with zero attached hydrogens (tertiary/aromatic N) is 2. The number of fused-ring (bicyclic) bond motifs is 1. The molecule has 1 aliphatic rings. The van der Waals surface area contributed by atoms with E-state index >= 15 is 0 Å². The van der Waals surface area contributed by atoms with Crippen LogP contribution in [0.25, 0.3) is 6.08 Å². The van der Waals surface area contributed by atoms with E-state index in [0.717, 1.165) is 28.2 Å². The normalized spacial score (nSPS) is 12.9. The molecule has 0 amide bonds. The minimum atomic E-state index is -0.216. The first-order chi connectivity index (χ1) is 12.8. The van der Waals surface area contributed by atoms with Crippen molar-refractivity contribution in [2.45, 2.75) is 13.1 Å². The number of benzene rings is 2. The van der Waals surface area contributed by atoms with Crippen LogP contribution in [0.3, 0.4) is 0 Å². The molecule has 0 aliphatic carbocycles. The zero-order valence-electron chi connectivity index (χ0n) is 14.2. The highest BCUT2D eigenvalue weighted by atomic mass is 19.1. The molecular formula is C22H18FN3. The Kier molecular flexibility index (Phi) is 4.56. The summed E-state index contributed by atoms with van der Waals surface area (Å²) in [4.78, 5) is 8.92. The fourth-order valence-corrected chi connectivity index (χ4v) is 2.91. The molecule has 2 aromatic carbocycles. The molecule has 4 heteroatoms. The Bertz CT molecular complexity index is 960. The van der Waals surface area contributed by atoms with Gasteiger partial charge >= 0.3 is 0 Å². The quantitative estimate of drug-likeness (QED) is 0.719. The zero-order chi connectivity index (χ0) is 17.8. The van der Waals surface area contributed by atoms with Crippen LogP contribution >= 0.6 is 0 Å². The van der Waals surface area contributed by atoms with Gasteiger partial charge in [-0.05, 0) is 59.7 Å². The van der Waals surface area contributed by atoms with E-state index in [-0.39, 0.29) is 5.82 Å². The van der Waals surface area contributed by atoms with Crippen molar-refractivity contribution in [2.24, 2.45) is 4.99 Å². The summed E-state index contributed by atoms with van der Waals surface area (Å²) in [5.74, 6) is -0.216. The molecule has 2 heterocycles. The first kappa shape index (κ1) is 16.2. The molecule has 0 radical (unpaired) electrons. The molecule has 0 unspecified atom stereocenters. The molecule has 3 aromatic rings. The number of allylic oxidation sites excluding steroid dienone is 1. The van der Waals surface area contributed by atoms with Crippen LogP contribution in [0.4, 0.5) is 10.1 Å². The highest BCUT2D eigenvalue weighted by Gasteiger charge is 2.14. The Balaban J connectivity index is 1.48. The summed E-state index contributed by atoms with van der Waals surface area (Å²) < 4.78 is 13.0. The van der Waals surface area contributed by atoms with E-state index < -0.39 is 0 Å². The molecule has 0 saturated heterocycles. The van der Waals surface area contributed by atoms with Gasteiger partial charge in [-0.3, -0.25) is 9.98 Å². The molecular weight excluding hydrogens is 325 g/mol. The minimum Gasteiger partial charge on any atom is -0.381 e. The molecule has 0 fully saturated rings. The number of aliphatic imine (C=N–C) groups is 1. The summed E-state index contributed by atoms with van der Waals surface area (Å²) in [6.07, 6.45) is 5.77.